The third-order valence-corrected chi connectivity index (χ3v) is 4.05. The van der Waals surface area contributed by atoms with Gasteiger partial charge in [0, 0.05) is 18.1 Å². The van der Waals surface area contributed by atoms with Crippen molar-refractivity contribution in [3.63, 3.8) is 0 Å². The lowest BCUT2D eigenvalue weighted by Gasteiger charge is -2.13. The van der Waals surface area contributed by atoms with Crippen molar-refractivity contribution in [1.82, 2.24) is 9.97 Å². The number of thioether (sulfide) groups is 1. The van der Waals surface area contributed by atoms with Crippen LogP contribution in [0.4, 0.5) is 11.4 Å². The molecule has 0 radical (unpaired) electrons. The number of amides is 1. The lowest BCUT2D eigenvalue weighted by atomic mass is 10.2. The van der Waals surface area contributed by atoms with Crippen LogP contribution in [0.3, 0.4) is 0 Å². The minimum atomic E-state index is -0.356. The number of rotatable bonds is 4. The Morgan fingerprint density at radius 2 is 2.10 bits per heavy atom. The maximum Gasteiger partial charge on any atom is 0.237 e. The molecule has 0 spiro atoms. The van der Waals surface area contributed by atoms with Gasteiger partial charge in [-0.1, -0.05) is 35.0 Å². The average molecular weight is 331 g/mol. The molecule has 1 heterocycles. The van der Waals surface area contributed by atoms with Gasteiger partial charge in [0.15, 0.2) is 5.16 Å². The predicted molar refractivity (Wildman–Crippen MR) is 83.4 cm³/mol. The third-order valence-electron chi connectivity index (χ3n) is 2.44. The van der Waals surface area contributed by atoms with Crippen LogP contribution >= 0.6 is 35.0 Å². The van der Waals surface area contributed by atoms with Gasteiger partial charge in [0.25, 0.3) is 0 Å². The number of carbonyl (C=O) groups excluding carboxylic acids is 1. The molecule has 0 saturated heterocycles. The molecule has 1 unspecified atom stereocenters. The topological polar surface area (TPSA) is 83.8 Å². The molecule has 1 aromatic heterocycles. The Balaban J connectivity index is 2.08. The monoisotopic (exact) mass is 330 g/mol. The molecular weight excluding hydrogens is 319 g/mol. The molecule has 0 aliphatic heterocycles. The van der Waals surface area contributed by atoms with Crippen LogP contribution in [-0.2, 0) is 4.79 Å². The highest BCUT2D eigenvalue weighted by atomic mass is 35.5. The summed E-state index contributed by atoms with van der Waals surface area (Å²) in [4.78, 5) is 19.1. The summed E-state index contributed by atoms with van der Waals surface area (Å²) in [5.74, 6) is -0.222. The van der Waals surface area contributed by atoms with E-state index in [0.717, 1.165) is 0 Å². The van der Waals surface area contributed by atoms with E-state index in [2.05, 4.69) is 15.3 Å². The van der Waals surface area contributed by atoms with E-state index < -0.39 is 0 Å². The Labute approximate surface area is 130 Å². The normalized spacial score (nSPS) is 12.2. The summed E-state index contributed by atoms with van der Waals surface area (Å²) in [6.07, 6.45) is 3.32. The van der Waals surface area contributed by atoms with Crippen LogP contribution in [0.25, 0.3) is 0 Å². The van der Waals surface area contributed by atoms with Gasteiger partial charge in [-0.3, -0.25) is 4.79 Å². The van der Waals surface area contributed by atoms with Gasteiger partial charge < -0.3 is 16.0 Å². The number of nitrogen functional groups attached to an aromatic ring is 1. The van der Waals surface area contributed by atoms with Gasteiger partial charge in [0.2, 0.25) is 5.91 Å². The zero-order chi connectivity index (χ0) is 14.7. The second kappa shape index (κ2) is 6.39. The smallest absolute Gasteiger partial charge is 0.237 e. The zero-order valence-electron chi connectivity index (χ0n) is 10.5. The predicted octanol–water partition coefficient (Wildman–Crippen LogP) is 3.42. The Kier molecular flexibility index (Phi) is 4.80. The lowest BCUT2D eigenvalue weighted by molar-refractivity contribution is -0.115. The fourth-order valence-electron chi connectivity index (χ4n) is 1.47. The second-order valence-electron chi connectivity index (χ2n) is 4.00. The van der Waals surface area contributed by atoms with Crippen molar-refractivity contribution in [2.45, 2.75) is 17.3 Å². The fourth-order valence-corrected chi connectivity index (χ4v) is 2.83. The highest BCUT2D eigenvalue weighted by Crippen LogP contribution is 2.33. The van der Waals surface area contributed by atoms with E-state index in [4.69, 9.17) is 28.9 Å². The molecule has 2 rings (SSSR count). The van der Waals surface area contributed by atoms with Crippen LogP contribution in [0.2, 0.25) is 10.0 Å². The van der Waals surface area contributed by atoms with Gasteiger partial charge >= 0.3 is 0 Å². The summed E-state index contributed by atoms with van der Waals surface area (Å²) in [6.45, 7) is 1.77. The first-order chi connectivity index (χ1) is 9.47. The van der Waals surface area contributed by atoms with Crippen molar-refractivity contribution in [3.8, 4) is 0 Å². The molecule has 1 aromatic carbocycles. The van der Waals surface area contributed by atoms with Gasteiger partial charge in [-0.25, -0.2) is 4.98 Å². The van der Waals surface area contributed by atoms with Crippen molar-refractivity contribution in [2.75, 3.05) is 11.1 Å². The number of H-pyrrole nitrogens is 1. The molecule has 0 saturated carbocycles. The molecule has 0 bridgehead atoms. The number of halogens is 2. The van der Waals surface area contributed by atoms with E-state index in [1.807, 2.05) is 0 Å². The fraction of sp³-hybridized carbons (Fsp3) is 0.167. The molecular formula is C12H12Cl2N4OS. The molecule has 8 heteroatoms. The van der Waals surface area contributed by atoms with Gasteiger partial charge in [-0.15, -0.1) is 0 Å². The van der Waals surface area contributed by atoms with Crippen LogP contribution in [0.15, 0.2) is 29.7 Å². The number of hydrogen-bond donors (Lipinski definition) is 3. The number of aromatic nitrogens is 2. The number of nitrogens with one attached hydrogen (secondary N) is 2. The van der Waals surface area contributed by atoms with E-state index in [-0.39, 0.29) is 11.2 Å². The minimum absolute atomic E-state index is 0.222. The Morgan fingerprint density at radius 3 is 2.65 bits per heavy atom. The number of imidazole rings is 1. The van der Waals surface area contributed by atoms with Crippen molar-refractivity contribution in [2.24, 2.45) is 0 Å². The molecule has 20 heavy (non-hydrogen) atoms. The summed E-state index contributed by atoms with van der Waals surface area (Å²) in [5.41, 5.74) is 6.41. The second-order valence-corrected chi connectivity index (χ2v) is 6.15. The Hall–Kier alpha value is -1.37. The average Bonchev–Trinajstić information content (AvgIpc) is 2.86. The first-order valence-electron chi connectivity index (χ1n) is 5.69. The summed E-state index contributed by atoms with van der Waals surface area (Å²) >= 11 is 13.3. The summed E-state index contributed by atoms with van der Waals surface area (Å²) in [7, 11) is 0. The number of nitrogens with zero attached hydrogens (tertiary/aromatic N) is 1. The summed E-state index contributed by atoms with van der Waals surface area (Å²) < 4.78 is 0. The van der Waals surface area contributed by atoms with E-state index in [9.17, 15) is 4.79 Å². The number of aromatic amines is 1. The highest BCUT2D eigenvalue weighted by Gasteiger charge is 2.18. The molecule has 1 amide bonds. The van der Waals surface area contributed by atoms with Crippen LogP contribution in [0.5, 0.6) is 0 Å². The SMILES string of the molecule is CC(Sc1ncc[nH]1)C(=O)Nc1c(Cl)cc(N)cc1Cl. The Morgan fingerprint density at radius 1 is 1.45 bits per heavy atom. The Bertz CT molecular complexity index is 595. The molecule has 5 nitrogen and oxygen atoms in total. The van der Waals surface area contributed by atoms with E-state index in [0.29, 0.717) is 26.6 Å². The van der Waals surface area contributed by atoms with Crippen LogP contribution in [-0.4, -0.2) is 21.1 Å². The van der Waals surface area contributed by atoms with Gasteiger partial charge in [0.05, 0.1) is 21.0 Å². The lowest BCUT2D eigenvalue weighted by Crippen LogP contribution is -2.23. The largest absolute Gasteiger partial charge is 0.399 e. The molecule has 4 N–H and O–H groups in total. The minimum Gasteiger partial charge on any atom is -0.399 e. The van der Waals surface area contributed by atoms with Crippen LogP contribution in [0.1, 0.15) is 6.92 Å². The van der Waals surface area contributed by atoms with Crippen molar-refractivity contribution < 1.29 is 4.79 Å². The number of anilines is 2. The molecule has 106 valence electrons. The van der Waals surface area contributed by atoms with Gasteiger partial charge in [-0.2, -0.15) is 0 Å². The maximum absolute atomic E-state index is 12.1. The standard InChI is InChI=1S/C12H12Cl2N4OS/c1-6(20-12-16-2-3-17-12)11(19)18-10-8(13)4-7(15)5-9(10)14/h2-6H,15H2,1H3,(H,16,17)(H,18,19). The molecule has 0 aliphatic rings. The van der Waals surface area contributed by atoms with Crippen LogP contribution in [0, 0.1) is 0 Å². The van der Waals surface area contributed by atoms with Crippen molar-refractivity contribution in [1.29, 1.82) is 0 Å². The number of benzene rings is 1. The zero-order valence-corrected chi connectivity index (χ0v) is 12.8. The first kappa shape index (κ1) is 15.0. The summed E-state index contributed by atoms with van der Waals surface area (Å²) in [5, 5.41) is 3.62. The molecule has 1 atom stereocenters. The van der Waals surface area contributed by atoms with E-state index in [1.165, 1.54) is 23.9 Å². The molecule has 0 aliphatic carbocycles. The van der Waals surface area contributed by atoms with Crippen molar-refractivity contribution in [3.05, 3.63) is 34.6 Å². The third kappa shape index (κ3) is 3.59. The van der Waals surface area contributed by atoms with E-state index >= 15 is 0 Å². The highest BCUT2D eigenvalue weighted by molar-refractivity contribution is 8.00. The summed E-state index contributed by atoms with van der Waals surface area (Å²) in [6, 6.07) is 3.07. The van der Waals surface area contributed by atoms with Gasteiger partial charge in [-0.05, 0) is 19.1 Å². The first-order valence-corrected chi connectivity index (χ1v) is 7.32. The number of hydrogen-bond acceptors (Lipinski definition) is 4. The number of nitrogens with two attached hydrogens (primary N) is 1. The maximum atomic E-state index is 12.1. The molecule has 0 fully saturated rings. The van der Waals surface area contributed by atoms with Gasteiger partial charge in [0.1, 0.15) is 0 Å². The quantitative estimate of drug-likeness (QED) is 0.592. The number of carbonyl (C=O) groups is 1. The van der Waals surface area contributed by atoms with E-state index in [1.54, 1.807) is 19.3 Å². The molecule has 2 aromatic rings. The van der Waals surface area contributed by atoms with Crippen molar-refractivity contribution >= 4 is 52.2 Å². The van der Waals surface area contributed by atoms with Crippen LogP contribution < -0.4 is 11.1 Å².